The number of nitrogens with two attached hydrogens (primary N) is 1. The molecule has 2 aliphatic heterocycles. The van der Waals surface area contributed by atoms with Gasteiger partial charge in [0.05, 0.1) is 0 Å². The van der Waals surface area contributed by atoms with Gasteiger partial charge in [0.2, 0.25) is 0 Å². The van der Waals surface area contributed by atoms with Crippen LogP contribution in [0.2, 0.25) is 0 Å². The van der Waals surface area contributed by atoms with E-state index in [0.29, 0.717) is 12.0 Å². The second-order valence-electron chi connectivity index (χ2n) is 6.69. The second-order valence-corrected chi connectivity index (χ2v) is 6.69. The molecule has 0 amide bonds. The molecule has 5 atom stereocenters. The summed E-state index contributed by atoms with van der Waals surface area (Å²) in [6.45, 7) is 4.85. The van der Waals surface area contributed by atoms with Gasteiger partial charge in [-0.15, -0.1) is 0 Å². The van der Waals surface area contributed by atoms with E-state index < -0.39 is 36.6 Å². The quantitative estimate of drug-likeness (QED) is 0.553. The van der Waals surface area contributed by atoms with Gasteiger partial charge in [-0.05, 0) is 19.3 Å². The van der Waals surface area contributed by atoms with Gasteiger partial charge in [-0.1, -0.05) is 19.9 Å². The van der Waals surface area contributed by atoms with E-state index in [4.69, 9.17) is 15.2 Å². The highest BCUT2D eigenvalue weighted by molar-refractivity contribution is 5.93. The van der Waals surface area contributed by atoms with Crippen LogP contribution in [0.15, 0.2) is 24.0 Å². The zero-order valence-electron chi connectivity index (χ0n) is 14.7. The summed E-state index contributed by atoms with van der Waals surface area (Å²) in [5.74, 6) is -0.732. The van der Waals surface area contributed by atoms with Crippen LogP contribution in [0.25, 0.3) is 0 Å². The molecule has 0 radical (unpaired) electrons. The Morgan fingerprint density at radius 1 is 1.40 bits per heavy atom. The van der Waals surface area contributed by atoms with Crippen molar-refractivity contribution < 1.29 is 29.3 Å². The maximum Gasteiger partial charge on any atom is 0.323 e. The number of allylic oxidation sites excluding steroid dienone is 2. The van der Waals surface area contributed by atoms with E-state index >= 15 is 0 Å². The normalized spacial score (nSPS) is 30.4. The molecule has 0 spiro atoms. The van der Waals surface area contributed by atoms with Crippen molar-refractivity contribution in [3.05, 3.63) is 24.0 Å². The summed E-state index contributed by atoms with van der Waals surface area (Å²) >= 11 is 0. The number of aliphatic hydroxyl groups excluding tert-OH is 2. The molecule has 0 aliphatic carbocycles. The highest BCUT2D eigenvalue weighted by atomic mass is 16.6. The van der Waals surface area contributed by atoms with E-state index in [9.17, 15) is 19.8 Å². The fraction of sp³-hybridized carbons (Fsp3) is 0.647. The van der Waals surface area contributed by atoms with E-state index in [1.54, 1.807) is 32.3 Å². The Balaban J connectivity index is 1.99. The lowest BCUT2D eigenvalue weighted by atomic mass is 10.1. The summed E-state index contributed by atoms with van der Waals surface area (Å²) in [7, 11) is 0. The molecule has 1 saturated heterocycles. The van der Waals surface area contributed by atoms with Crippen molar-refractivity contribution in [2.24, 2.45) is 11.7 Å². The molecule has 0 aromatic rings. The number of hydrogen-bond donors (Lipinski definition) is 3. The van der Waals surface area contributed by atoms with E-state index in [2.05, 4.69) is 0 Å². The smallest absolute Gasteiger partial charge is 0.323 e. The van der Waals surface area contributed by atoms with Crippen molar-refractivity contribution in [2.45, 2.75) is 57.8 Å². The zero-order chi connectivity index (χ0) is 18.7. The van der Waals surface area contributed by atoms with Gasteiger partial charge in [0.1, 0.15) is 31.0 Å². The molecule has 0 saturated carbocycles. The van der Waals surface area contributed by atoms with Gasteiger partial charge >= 0.3 is 5.97 Å². The van der Waals surface area contributed by atoms with Crippen LogP contribution in [0, 0.1) is 5.92 Å². The topological polar surface area (TPSA) is 122 Å². The lowest BCUT2D eigenvalue weighted by Gasteiger charge is -2.28. The Bertz CT molecular complexity index is 573. The third kappa shape index (κ3) is 4.46. The average Bonchev–Trinajstić information content (AvgIpc) is 2.87. The number of carbonyl (C=O) groups is 2. The first kappa shape index (κ1) is 19.6. The third-order valence-electron chi connectivity index (χ3n) is 4.38. The van der Waals surface area contributed by atoms with Crippen LogP contribution >= 0.6 is 0 Å². The minimum Gasteiger partial charge on any atom is -0.462 e. The Kier molecular flexibility index (Phi) is 6.34. The van der Waals surface area contributed by atoms with E-state index in [-0.39, 0.29) is 18.3 Å². The summed E-state index contributed by atoms with van der Waals surface area (Å²) in [6, 6.07) is -0.759. The molecule has 2 rings (SSSR count). The Labute approximate surface area is 146 Å². The van der Waals surface area contributed by atoms with Crippen LogP contribution in [0.5, 0.6) is 0 Å². The fourth-order valence-electron chi connectivity index (χ4n) is 2.62. The second kappa shape index (κ2) is 8.09. The maximum absolute atomic E-state index is 11.8. The Morgan fingerprint density at radius 2 is 2.08 bits per heavy atom. The van der Waals surface area contributed by atoms with Crippen molar-refractivity contribution in [3.63, 3.8) is 0 Å². The third-order valence-corrected chi connectivity index (χ3v) is 4.38. The first-order valence-electron chi connectivity index (χ1n) is 8.32. The summed E-state index contributed by atoms with van der Waals surface area (Å²) in [5.41, 5.74) is 6.28. The number of ketones is 1. The molecule has 1 fully saturated rings. The van der Waals surface area contributed by atoms with Gasteiger partial charge in [-0.25, -0.2) is 0 Å². The van der Waals surface area contributed by atoms with Crippen LogP contribution in [-0.2, 0) is 19.1 Å². The molecule has 140 valence electrons. The van der Waals surface area contributed by atoms with Crippen LogP contribution in [0.1, 0.15) is 27.2 Å². The number of ether oxygens (including phenoxy) is 2. The number of rotatable bonds is 6. The number of esters is 1. The van der Waals surface area contributed by atoms with Gasteiger partial charge in [-0.2, -0.15) is 0 Å². The minimum atomic E-state index is -1.22. The van der Waals surface area contributed by atoms with Gasteiger partial charge in [0.25, 0.3) is 0 Å². The van der Waals surface area contributed by atoms with E-state index in [1.807, 2.05) is 0 Å². The molecule has 0 aromatic heterocycles. The van der Waals surface area contributed by atoms with Gasteiger partial charge in [0.15, 0.2) is 12.0 Å². The Hall–Kier alpha value is -1.74. The first-order chi connectivity index (χ1) is 11.7. The van der Waals surface area contributed by atoms with Crippen molar-refractivity contribution in [2.75, 3.05) is 6.61 Å². The predicted molar refractivity (Wildman–Crippen MR) is 88.8 cm³/mol. The minimum absolute atomic E-state index is 0.0736. The number of hydrogen-bond acceptors (Lipinski definition) is 8. The molecule has 8 heteroatoms. The number of carbonyl (C=O) groups excluding carboxylic acids is 2. The number of aliphatic hydroxyl groups is 2. The highest BCUT2D eigenvalue weighted by Gasteiger charge is 2.45. The van der Waals surface area contributed by atoms with Gasteiger partial charge in [0, 0.05) is 18.0 Å². The zero-order valence-corrected chi connectivity index (χ0v) is 14.7. The van der Waals surface area contributed by atoms with Crippen LogP contribution in [0.3, 0.4) is 0 Å². The van der Waals surface area contributed by atoms with E-state index in [1.165, 1.54) is 11.8 Å². The van der Waals surface area contributed by atoms with Crippen molar-refractivity contribution in [1.82, 2.24) is 4.90 Å². The van der Waals surface area contributed by atoms with Gasteiger partial charge in [-0.3, -0.25) is 9.59 Å². The molecule has 0 aromatic carbocycles. The SMILES string of the molecule is CC(=O)C1=CN([C@@H]2O[C@H](COC(=O)[C@@H](N)C(C)C)[C@@H](O)[C@H]2O)C=CC1. The molecular formula is C17H26N2O6. The van der Waals surface area contributed by atoms with Crippen LogP contribution in [-0.4, -0.2) is 64.1 Å². The summed E-state index contributed by atoms with van der Waals surface area (Å²) in [6.07, 6.45) is 1.35. The molecule has 0 unspecified atom stereocenters. The summed E-state index contributed by atoms with van der Waals surface area (Å²) in [4.78, 5) is 24.9. The Morgan fingerprint density at radius 3 is 2.68 bits per heavy atom. The molecule has 2 heterocycles. The van der Waals surface area contributed by atoms with Crippen molar-refractivity contribution >= 4 is 11.8 Å². The highest BCUT2D eigenvalue weighted by Crippen LogP contribution is 2.27. The maximum atomic E-state index is 11.8. The predicted octanol–water partition coefficient (Wildman–Crippen LogP) is -0.348. The lowest BCUT2D eigenvalue weighted by molar-refractivity contribution is -0.153. The molecule has 25 heavy (non-hydrogen) atoms. The van der Waals surface area contributed by atoms with Crippen molar-refractivity contribution in [3.8, 4) is 0 Å². The average molecular weight is 354 g/mol. The fourth-order valence-corrected chi connectivity index (χ4v) is 2.62. The largest absolute Gasteiger partial charge is 0.462 e. The lowest BCUT2D eigenvalue weighted by Crippen LogP contribution is -2.41. The van der Waals surface area contributed by atoms with Crippen molar-refractivity contribution in [1.29, 1.82) is 0 Å². The molecule has 4 N–H and O–H groups in total. The monoisotopic (exact) mass is 354 g/mol. The van der Waals surface area contributed by atoms with E-state index in [0.717, 1.165) is 0 Å². The molecule has 0 bridgehead atoms. The van der Waals surface area contributed by atoms with Crippen LogP contribution < -0.4 is 5.73 Å². The van der Waals surface area contributed by atoms with Gasteiger partial charge < -0.3 is 30.3 Å². The standard InChI is InChI=1S/C17H26N2O6/c1-9(2)13(18)17(23)24-8-12-14(21)15(22)16(25-12)19-6-4-5-11(7-19)10(3)20/h4,6-7,9,12-16,21-22H,5,8,18H2,1-3H3/t12-,13+,14-,15-,16-/m1/s1. The number of nitrogens with zero attached hydrogens (tertiary/aromatic N) is 1. The molecular weight excluding hydrogens is 328 g/mol. The first-order valence-corrected chi connectivity index (χ1v) is 8.32. The molecule has 8 nitrogen and oxygen atoms in total. The van der Waals surface area contributed by atoms with Crippen LogP contribution in [0.4, 0.5) is 0 Å². The summed E-state index contributed by atoms with van der Waals surface area (Å²) in [5, 5.41) is 20.4. The molecule has 2 aliphatic rings. The number of Topliss-reactive ketones (excluding diaryl/α,β-unsaturated/α-hetero) is 1. The summed E-state index contributed by atoms with van der Waals surface area (Å²) < 4.78 is 10.7.